The van der Waals surface area contributed by atoms with E-state index in [9.17, 15) is 27.6 Å². The third-order valence-corrected chi connectivity index (χ3v) is 11.2. The molecular weight excluding hydrogens is 742 g/mol. The Morgan fingerprint density at radius 3 is 2.45 bits per heavy atom. The fourth-order valence-corrected chi connectivity index (χ4v) is 8.37. The summed E-state index contributed by atoms with van der Waals surface area (Å²) in [6.45, 7) is 5.81. The van der Waals surface area contributed by atoms with Crippen molar-refractivity contribution in [2.45, 2.75) is 90.1 Å². The van der Waals surface area contributed by atoms with E-state index in [4.69, 9.17) is 9.47 Å². The van der Waals surface area contributed by atoms with Gasteiger partial charge in [-0.3, -0.25) is 10.1 Å². The van der Waals surface area contributed by atoms with Gasteiger partial charge in [-0.15, -0.1) is 0 Å². The summed E-state index contributed by atoms with van der Waals surface area (Å²) in [7, 11) is 0. The second kappa shape index (κ2) is 16.0. The standard InChI is InChI=1S/C43H43F3N4O5S/c1-42(2,3)55-40(53)38-31(30-18-17-29(24-34(30)43(44,45)46)54-28-15-13-26(14-16-28)8-7-23-51)19-20-37(48-38)50-22-21-27-9-6-10-32(33(27)25-50)39(52)49-41-47-35-11-4-5-12-36(35)56-41/h4-6,9-12,17-20,23-24,26,28H,7-8,13-16,21-22,25H2,1-3H3,(H,47,49,52). The van der Waals surface area contributed by atoms with Crippen molar-refractivity contribution in [2.75, 3.05) is 16.8 Å². The number of ether oxygens (including phenoxy) is 2. The molecule has 13 heteroatoms. The Balaban J connectivity index is 1.17. The average Bonchev–Trinajstić information content (AvgIpc) is 3.58. The second-order valence-electron chi connectivity index (χ2n) is 15.3. The first-order chi connectivity index (χ1) is 26.8. The fourth-order valence-electron chi connectivity index (χ4n) is 7.50. The lowest BCUT2D eigenvalue weighted by molar-refractivity contribution is -0.137. The zero-order valence-corrected chi connectivity index (χ0v) is 32.3. The number of hydrogen-bond donors (Lipinski definition) is 1. The first-order valence-corrected chi connectivity index (χ1v) is 19.7. The number of nitrogens with zero attached hydrogens (tertiary/aromatic N) is 3. The number of carbonyl (C=O) groups excluding carboxylic acids is 3. The first-order valence-electron chi connectivity index (χ1n) is 18.8. The molecule has 0 saturated heterocycles. The summed E-state index contributed by atoms with van der Waals surface area (Å²) in [6.07, 6.45) is 0.874. The van der Waals surface area contributed by atoms with Crippen LogP contribution in [0.4, 0.5) is 24.1 Å². The molecule has 0 unspecified atom stereocenters. The van der Waals surface area contributed by atoms with Crippen molar-refractivity contribution < 1.29 is 37.0 Å². The average molecular weight is 785 g/mol. The predicted molar refractivity (Wildman–Crippen MR) is 210 cm³/mol. The molecule has 0 spiro atoms. The van der Waals surface area contributed by atoms with Crippen LogP contribution in [0.1, 0.15) is 96.8 Å². The Morgan fingerprint density at radius 1 is 0.946 bits per heavy atom. The number of anilines is 2. The number of aromatic nitrogens is 2. The third-order valence-electron chi connectivity index (χ3n) is 10.2. The van der Waals surface area contributed by atoms with Gasteiger partial charge in [0.2, 0.25) is 0 Å². The fraction of sp³-hybridized carbons (Fsp3) is 0.372. The topological polar surface area (TPSA) is 111 Å². The lowest BCUT2D eigenvalue weighted by Gasteiger charge is -2.31. The van der Waals surface area contributed by atoms with Gasteiger partial charge in [-0.1, -0.05) is 41.7 Å². The Morgan fingerprint density at radius 2 is 1.71 bits per heavy atom. The van der Waals surface area contributed by atoms with Crippen LogP contribution in [0.3, 0.4) is 0 Å². The summed E-state index contributed by atoms with van der Waals surface area (Å²) in [5.74, 6) is -0.307. The van der Waals surface area contributed by atoms with E-state index in [0.29, 0.717) is 54.7 Å². The summed E-state index contributed by atoms with van der Waals surface area (Å²) in [5, 5.41) is 3.42. The number of fused-ring (bicyclic) bond motifs is 2. The largest absolute Gasteiger partial charge is 0.490 e. The maximum Gasteiger partial charge on any atom is 0.417 e. The summed E-state index contributed by atoms with van der Waals surface area (Å²) >= 11 is 1.38. The zero-order chi connectivity index (χ0) is 39.6. The molecule has 0 radical (unpaired) electrons. The van der Waals surface area contributed by atoms with Crippen LogP contribution in [0, 0.1) is 5.92 Å². The highest BCUT2D eigenvalue weighted by Gasteiger charge is 2.37. The number of rotatable bonds is 10. The SMILES string of the molecule is CC(C)(C)OC(=O)c1nc(N2CCc3cccc(C(=O)Nc4nc5ccccc5s4)c3C2)ccc1-c1ccc(OC2CCC(CCC=O)CC2)cc1C(F)(F)F. The van der Waals surface area contributed by atoms with Gasteiger partial charge in [-0.05, 0) is 124 Å². The zero-order valence-electron chi connectivity index (χ0n) is 31.4. The number of aldehydes is 1. The Kier molecular flexibility index (Phi) is 11.2. The molecule has 1 aliphatic carbocycles. The number of alkyl halides is 3. The number of esters is 1. The van der Waals surface area contributed by atoms with Crippen LogP contribution in [0.2, 0.25) is 0 Å². The Bertz CT molecular complexity index is 2230. The summed E-state index contributed by atoms with van der Waals surface area (Å²) < 4.78 is 57.1. The van der Waals surface area contributed by atoms with Crippen LogP contribution >= 0.6 is 11.3 Å². The number of pyridine rings is 1. The maximum atomic E-state index is 14.8. The van der Waals surface area contributed by atoms with Gasteiger partial charge in [0.05, 0.1) is 21.9 Å². The van der Waals surface area contributed by atoms with Gasteiger partial charge in [0.15, 0.2) is 10.8 Å². The lowest BCUT2D eigenvalue weighted by Crippen LogP contribution is -2.33. The quantitative estimate of drug-likeness (QED) is 0.110. The highest BCUT2D eigenvalue weighted by Crippen LogP contribution is 2.42. The van der Waals surface area contributed by atoms with Gasteiger partial charge < -0.3 is 19.2 Å². The molecule has 2 aromatic heterocycles. The van der Waals surface area contributed by atoms with Gasteiger partial charge in [0.1, 0.15) is 23.5 Å². The molecule has 0 atom stereocenters. The van der Waals surface area contributed by atoms with Crippen LogP contribution in [0.5, 0.6) is 5.75 Å². The number of amides is 1. The maximum absolute atomic E-state index is 14.8. The van der Waals surface area contributed by atoms with Crippen LogP contribution < -0.4 is 15.0 Å². The van der Waals surface area contributed by atoms with Crippen molar-refractivity contribution in [1.29, 1.82) is 0 Å². The number of carbonyl (C=O) groups is 3. The van der Waals surface area contributed by atoms with Gasteiger partial charge >= 0.3 is 12.1 Å². The molecule has 56 heavy (non-hydrogen) atoms. The molecule has 3 aromatic carbocycles. The molecule has 292 valence electrons. The minimum Gasteiger partial charge on any atom is -0.490 e. The van der Waals surface area contributed by atoms with Gasteiger partial charge in [0.25, 0.3) is 5.91 Å². The number of para-hydroxylation sites is 1. The number of nitrogens with one attached hydrogen (secondary N) is 1. The third kappa shape index (κ3) is 8.88. The number of hydrogen-bond acceptors (Lipinski definition) is 9. The van der Waals surface area contributed by atoms with E-state index in [2.05, 4.69) is 15.3 Å². The molecule has 3 heterocycles. The molecular formula is C43H43F3N4O5S. The summed E-state index contributed by atoms with van der Waals surface area (Å²) in [6, 6.07) is 20.1. The molecule has 1 saturated carbocycles. The van der Waals surface area contributed by atoms with E-state index in [1.807, 2.05) is 41.3 Å². The van der Waals surface area contributed by atoms with Crippen molar-refractivity contribution in [2.24, 2.45) is 5.92 Å². The van der Waals surface area contributed by atoms with Crippen molar-refractivity contribution in [3.05, 3.63) is 101 Å². The summed E-state index contributed by atoms with van der Waals surface area (Å²) in [4.78, 5) is 49.3. The van der Waals surface area contributed by atoms with Gasteiger partial charge in [-0.25, -0.2) is 14.8 Å². The normalized spacial score (nSPS) is 17.3. The minimum absolute atomic E-state index is 0.0223. The highest BCUT2D eigenvalue weighted by molar-refractivity contribution is 7.22. The molecule has 9 nitrogen and oxygen atoms in total. The number of halogens is 3. The molecule has 1 aliphatic heterocycles. The molecule has 7 rings (SSSR count). The first kappa shape index (κ1) is 39.0. The molecule has 0 bridgehead atoms. The van der Waals surface area contributed by atoms with Crippen LogP contribution in [-0.4, -0.2) is 46.4 Å². The van der Waals surface area contributed by atoms with E-state index in [0.717, 1.165) is 53.0 Å². The monoisotopic (exact) mass is 784 g/mol. The molecule has 1 N–H and O–H groups in total. The van der Waals surface area contributed by atoms with Crippen LogP contribution in [0.25, 0.3) is 21.3 Å². The smallest absolute Gasteiger partial charge is 0.417 e. The van der Waals surface area contributed by atoms with Crippen molar-refractivity contribution in [3.63, 3.8) is 0 Å². The van der Waals surface area contributed by atoms with Crippen LogP contribution in [0.15, 0.2) is 72.8 Å². The van der Waals surface area contributed by atoms with Crippen LogP contribution in [-0.2, 0) is 28.7 Å². The number of benzene rings is 3. The Hall–Kier alpha value is -5.30. The van der Waals surface area contributed by atoms with E-state index in [1.165, 1.54) is 29.5 Å². The molecule has 5 aromatic rings. The van der Waals surface area contributed by atoms with Gasteiger partial charge in [-0.2, -0.15) is 13.2 Å². The molecule has 2 aliphatic rings. The van der Waals surface area contributed by atoms with E-state index in [-0.39, 0.29) is 41.1 Å². The summed E-state index contributed by atoms with van der Waals surface area (Å²) in [5.41, 5.74) is 0.638. The number of thiazole rings is 1. The van der Waals surface area contributed by atoms with Crippen molar-refractivity contribution >= 4 is 50.7 Å². The van der Waals surface area contributed by atoms with E-state index >= 15 is 0 Å². The lowest BCUT2D eigenvalue weighted by atomic mass is 9.84. The predicted octanol–water partition coefficient (Wildman–Crippen LogP) is 10.1. The minimum atomic E-state index is -4.77. The van der Waals surface area contributed by atoms with Crippen molar-refractivity contribution in [1.82, 2.24) is 9.97 Å². The van der Waals surface area contributed by atoms with Gasteiger partial charge in [0, 0.05) is 30.6 Å². The van der Waals surface area contributed by atoms with Crippen molar-refractivity contribution in [3.8, 4) is 16.9 Å². The Labute approximate surface area is 327 Å². The molecule has 1 amide bonds. The van der Waals surface area contributed by atoms with E-state index in [1.54, 1.807) is 32.9 Å². The highest BCUT2D eigenvalue weighted by atomic mass is 32.1. The molecule has 1 fully saturated rings. The van der Waals surface area contributed by atoms with E-state index < -0.39 is 23.3 Å². The second-order valence-corrected chi connectivity index (χ2v) is 16.4.